The molecule has 0 unspecified atom stereocenters. The van der Waals surface area contributed by atoms with Gasteiger partial charge < -0.3 is 25.0 Å². The van der Waals surface area contributed by atoms with Crippen LogP contribution in [0.2, 0.25) is 5.02 Å². The van der Waals surface area contributed by atoms with Crippen LogP contribution in [0.1, 0.15) is 39.1 Å². The number of hydrogen-bond donors (Lipinski definition) is 2. The van der Waals surface area contributed by atoms with E-state index in [0.29, 0.717) is 48.4 Å². The van der Waals surface area contributed by atoms with Crippen LogP contribution < -0.4 is 15.4 Å². The summed E-state index contributed by atoms with van der Waals surface area (Å²) >= 11 is 6.24. The molecule has 0 spiro atoms. The van der Waals surface area contributed by atoms with E-state index in [0.717, 1.165) is 0 Å². The molecule has 0 aromatic heterocycles. The maximum Gasteiger partial charge on any atom is 0.308 e. The first-order valence-corrected chi connectivity index (χ1v) is 13.2. The number of aliphatic imine (C=N–C) groups is 1. The second kappa shape index (κ2) is 13.5. The van der Waals surface area contributed by atoms with Gasteiger partial charge in [0.15, 0.2) is 0 Å². The molecule has 0 atom stereocenters. The van der Waals surface area contributed by atoms with Crippen LogP contribution >= 0.6 is 11.6 Å². The summed E-state index contributed by atoms with van der Waals surface area (Å²) < 4.78 is 10.2. The number of amides is 2. The van der Waals surface area contributed by atoms with Crippen molar-refractivity contribution in [1.82, 2.24) is 4.90 Å². The number of terminal acetylenes is 1. The fraction of sp³-hybridized carbons (Fsp3) is 0.226. The van der Waals surface area contributed by atoms with Gasteiger partial charge in [-0.1, -0.05) is 17.5 Å². The highest BCUT2D eigenvalue weighted by atomic mass is 35.5. The Kier molecular flexibility index (Phi) is 9.61. The van der Waals surface area contributed by atoms with Gasteiger partial charge in [-0.15, -0.1) is 6.42 Å². The number of anilines is 2. The fourth-order valence-corrected chi connectivity index (χ4v) is 4.56. The number of rotatable bonds is 8. The number of benzene rings is 3. The Labute approximate surface area is 243 Å². The topological polar surface area (TPSA) is 109 Å². The first kappa shape index (κ1) is 29.2. The number of esters is 1. The first-order chi connectivity index (χ1) is 19.8. The molecule has 3 aromatic rings. The second-order valence-corrected chi connectivity index (χ2v) is 9.72. The standard InChI is InChI=1S/C31H29ClN4O5/c1-4-20-5-9-25(10-6-20)34-30(38)26-17-23(32)18-27(40-2)28(26)35-29(37)21-7-11-24(12-8-21)33-19-36-15-13-22(14-16-36)31(39)41-3/h1,5-12,17-19,22H,13-16H2,2-3H3,(H,34,38)(H,35,37). The summed E-state index contributed by atoms with van der Waals surface area (Å²) in [6, 6.07) is 16.5. The third kappa shape index (κ3) is 7.44. The van der Waals surface area contributed by atoms with E-state index in [-0.39, 0.29) is 33.9 Å². The minimum atomic E-state index is -0.491. The zero-order chi connectivity index (χ0) is 29.4. The smallest absolute Gasteiger partial charge is 0.308 e. The number of halogens is 1. The number of nitrogens with one attached hydrogen (secondary N) is 2. The van der Waals surface area contributed by atoms with Gasteiger partial charge in [-0.25, -0.2) is 4.99 Å². The molecule has 0 bridgehead atoms. The van der Waals surface area contributed by atoms with Gasteiger partial charge >= 0.3 is 5.97 Å². The Morgan fingerprint density at radius 2 is 1.68 bits per heavy atom. The monoisotopic (exact) mass is 572 g/mol. The van der Waals surface area contributed by atoms with Crippen molar-refractivity contribution >= 4 is 52.8 Å². The van der Waals surface area contributed by atoms with Crippen molar-refractivity contribution in [1.29, 1.82) is 0 Å². The van der Waals surface area contributed by atoms with Crippen molar-refractivity contribution in [3.8, 4) is 18.1 Å². The third-order valence-electron chi connectivity index (χ3n) is 6.64. The van der Waals surface area contributed by atoms with E-state index in [1.165, 1.54) is 26.4 Å². The normalized spacial score (nSPS) is 13.4. The summed E-state index contributed by atoms with van der Waals surface area (Å²) in [6.07, 6.45) is 8.56. The number of nitrogens with zero attached hydrogens (tertiary/aromatic N) is 2. The molecule has 0 radical (unpaired) electrons. The quantitative estimate of drug-likeness (QED) is 0.162. The van der Waals surface area contributed by atoms with E-state index in [2.05, 4.69) is 21.5 Å². The Bertz CT molecular complexity index is 1490. The molecule has 4 rings (SSSR count). The average molecular weight is 573 g/mol. The molecule has 2 amide bonds. The second-order valence-electron chi connectivity index (χ2n) is 9.29. The molecule has 2 N–H and O–H groups in total. The summed E-state index contributed by atoms with van der Waals surface area (Å²) in [5.74, 6) is 1.57. The Hall–Kier alpha value is -4.81. The van der Waals surface area contributed by atoms with Crippen LogP contribution in [0.5, 0.6) is 5.75 Å². The molecular formula is C31H29ClN4O5. The largest absolute Gasteiger partial charge is 0.494 e. The van der Waals surface area contributed by atoms with Crippen molar-refractivity contribution in [3.05, 3.63) is 82.4 Å². The summed E-state index contributed by atoms with van der Waals surface area (Å²) in [5.41, 5.74) is 2.53. The summed E-state index contributed by atoms with van der Waals surface area (Å²) in [6.45, 7) is 1.41. The van der Waals surface area contributed by atoms with Gasteiger partial charge in [-0.2, -0.15) is 0 Å². The summed E-state index contributed by atoms with van der Waals surface area (Å²) in [4.78, 5) is 44.6. The van der Waals surface area contributed by atoms with Crippen LogP contribution in [0.15, 0.2) is 65.7 Å². The molecule has 41 heavy (non-hydrogen) atoms. The highest BCUT2D eigenvalue weighted by Crippen LogP contribution is 2.33. The Balaban J connectivity index is 1.45. The third-order valence-corrected chi connectivity index (χ3v) is 6.86. The lowest BCUT2D eigenvalue weighted by molar-refractivity contribution is -0.146. The van der Waals surface area contributed by atoms with Crippen molar-refractivity contribution in [2.24, 2.45) is 10.9 Å². The van der Waals surface area contributed by atoms with Crippen LogP contribution in [-0.4, -0.2) is 56.3 Å². The van der Waals surface area contributed by atoms with Crippen molar-refractivity contribution < 1.29 is 23.9 Å². The molecule has 210 valence electrons. The summed E-state index contributed by atoms with van der Waals surface area (Å²) in [7, 11) is 2.83. The number of hydrogen-bond acceptors (Lipinski definition) is 6. The van der Waals surface area contributed by atoms with Gasteiger partial charge in [0.2, 0.25) is 0 Å². The van der Waals surface area contributed by atoms with E-state index >= 15 is 0 Å². The van der Waals surface area contributed by atoms with Gasteiger partial charge in [-0.3, -0.25) is 14.4 Å². The van der Waals surface area contributed by atoms with Crippen molar-refractivity contribution in [2.75, 3.05) is 37.9 Å². The number of ether oxygens (including phenoxy) is 2. The van der Waals surface area contributed by atoms with Gasteiger partial charge in [0.25, 0.3) is 11.8 Å². The number of carbonyl (C=O) groups is 3. The maximum absolute atomic E-state index is 13.2. The fourth-order valence-electron chi connectivity index (χ4n) is 4.35. The average Bonchev–Trinajstić information content (AvgIpc) is 3.01. The molecule has 0 aliphatic carbocycles. The van der Waals surface area contributed by atoms with Gasteiger partial charge in [0.1, 0.15) is 5.75 Å². The minimum absolute atomic E-state index is 0.0752. The van der Waals surface area contributed by atoms with Gasteiger partial charge in [-0.05, 0) is 67.4 Å². The zero-order valence-corrected chi connectivity index (χ0v) is 23.4. The number of likely N-dealkylation sites (tertiary alicyclic amines) is 1. The molecule has 10 heteroatoms. The van der Waals surface area contributed by atoms with Gasteiger partial charge in [0.05, 0.1) is 43.4 Å². The van der Waals surface area contributed by atoms with E-state index < -0.39 is 11.8 Å². The number of methoxy groups -OCH3 is 2. The zero-order valence-electron chi connectivity index (χ0n) is 22.6. The Morgan fingerprint density at radius 3 is 2.29 bits per heavy atom. The molecule has 1 saturated heterocycles. The van der Waals surface area contributed by atoms with E-state index in [9.17, 15) is 14.4 Å². The lowest BCUT2D eigenvalue weighted by atomic mass is 9.97. The SMILES string of the molecule is C#Cc1ccc(NC(=O)c2cc(Cl)cc(OC)c2NC(=O)c2ccc(N=CN3CCC(C(=O)OC)CC3)cc2)cc1. The predicted molar refractivity (Wildman–Crippen MR) is 159 cm³/mol. The van der Waals surface area contributed by atoms with Crippen LogP contribution in [-0.2, 0) is 9.53 Å². The molecule has 1 aliphatic heterocycles. The van der Waals surface area contributed by atoms with E-state index in [1.54, 1.807) is 54.9 Å². The minimum Gasteiger partial charge on any atom is -0.494 e. The lowest BCUT2D eigenvalue weighted by Gasteiger charge is -2.28. The van der Waals surface area contributed by atoms with Crippen LogP contribution in [0.25, 0.3) is 0 Å². The summed E-state index contributed by atoms with van der Waals surface area (Å²) in [5, 5.41) is 5.84. The molecule has 1 aliphatic rings. The Morgan fingerprint density at radius 1 is 1.00 bits per heavy atom. The molecule has 3 aromatic carbocycles. The highest BCUT2D eigenvalue weighted by Gasteiger charge is 2.24. The molecule has 1 heterocycles. The molecule has 0 saturated carbocycles. The lowest BCUT2D eigenvalue weighted by Crippen LogP contribution is -2.35. The highest BCUT2D eigenvalue weighted by molar-refractivity contribution is 6.31. The van der Waals surface area contributed by atoms with Crippen molar-refractivity contribution in [3.63, 3.8) is 0 Å². The first-order valence-electron chi connectivity index (χ1n) is 12.8. The molecule has 1 fully saturated rings. The maximum atomic E-state index is 13.2. The van der Waals surface area contributed by atoms with Crippen molar-refractivity contribution in [2.45, 2.75) is 12.8 Å². The van der Waals surface area contributed by atoms with Crippen LogP contribution in [0.3, 0.4) is 0 Å². The van der Waals surface area contributed by atoms with Gasteiger partial charge in [0, 0.05) is 41.0 Å². The van der Waals surface area contributed by atoms with E-state index in [1.807, 2.05) is 4.90 Å². The predicted octanol–water partition coefficient (Wildman–Crippen LogP) is 5.38. The molecule has 9 nitrogen and oxygen atoms in total. The number of piperidine rings is 1. The van der Waals surface area contributed by atoms with E-state index in [4.69, 9.17) is 27.5 Å². The number of carbonyl (C=O) groups excluding carboxylic acids is 3. The molecular weight excluding hydrogens is 544 g/mol. The van der Waals surface area contributed by atoms with Crippen LogP contribution in [0.4, 0.5) is 17.1 Å². The van der Waals surface area contributed by atoms with Crippen LogP contribution in [0, 0.1) is 18.3 Å².